The van der Waals surface area contributed by atoms with Crippen LogP contribution < -0.4 is 5.32 Å². The zero-order chi connectivity index (χ0) is 19.9. The highest BCUT2D eigenvalue weighted by molar-refractivity contribution is 6.15. The first-order valence-electron chi connectivity index (χ1n) is 9.89. The third kappa shape index (κ3) is 5.27. The van der Waals surface area contributed by atoms with Crippen LogP contribution in [-0.2, 0) is 4.74 Å². The number of benzene rings is 2. The number of ketones is 1. The molecule has 5 heteroatoms. The van der Waals surface area contributed by atoms with Crippen molar-refractivity contribution in [2.75, 3.05) is 26.2 Å². The van der Waals surface area contributed by atoms with Gasteiger partial charge in [-0.15, -0.1) is 0 Å². The lowest BCUT2D eigenvalue weighted by Gasteiger charge is -2.35. The first-order chi connectivity index (χ1) is 13.5. The Labute approximate surface area is 166 Å². The Morgan fingerprint density at radius 3 is 2.25 bits per heavy atom. The normalized spacial score (nSPS) is 19.9. The standard InChI is InChI=1S/C23H28N2O3/c1-17-15-25(16-18(2)28-17)14-8-13-24-23(27)21-12-7-6-11-20(21)22(26)19-9-4-3-5-10-19/h3-7,9-12,17-18H,8,13-16H2,1-2H3,(H,24,27). The first-order valence-corrected chi connectivity index (χ1v) is 9.89. The fourth-order valence-electron chi connectivity index (χ4n) is 3.69. The van der Waals surface area contributed by atoms with Crippen LogP contribution >= 0.6 is 0 Å². The minimum absolute atomic E-state index is 0.136. The van der Waals surface area contributed by atoms with E-state index in [4.69, 9.17) is 4.74 Å². The molecule has 1 fully saturated rings. The van der Waals surface area contributed by atoms with Gasteiger partial charge < -0.3 is 10.1 Å². The maximum Gasteiger partial charge on any atom is 0.252 e. The first kappa shape index (κ1) is 20.2. The van der Waals surface area contributed by atoms with Gasteiger partial charge in [0, 0.05) is 37.3 Å². The number of rotatable bonds is 7. The van der Waals surface area contributed by atoms with Gasteiger partial charge in [-0.1, -0.05) is 48.5 Å². The van der Waals surface area contributed by atoms with E-state index in [0.717, 1.165) is 26.1 Å². The van der Waals surface area contributed by atoms with E-state index in [1.54, 1.807) is 36.4 Å². The molecular formula is C23H28N2O3. The lowest BCUT2D eigenvalue weighted by atomic mass is 9.98. The molecule has 1 amide bonds. The summed E-state index contributed by atoms with van der Waals surface area (Å²) in [6, 6.07) is 16.0. The van der Waals surface area contributed by atoms with E-state index in [9.17, 15) is 9.59 Å². The average molecular weight is 380 g/mol. The van der Waals surface area contributed by atoms with Crippen LogP contribution in [0.3, 0.4) is 0 Å². The third-order valence-corrected chi connectivity index (χ3v) is 4.88. The van der Waals surface area contributed by atoms with Crippen molar-refractivity contribution in [3.8, 4) is 0 Å². The maximum absolute atomic E-state index is 12.8. The highest BCUT2D eigenvalue weighted by atomic mass is 16.5. The summed E-state index contributed by atoms with van der Waals surface area (Å²) in [5.41, 5.74) is 1.44. The molecule has 5 nitrogen and oxygen atoms in total. The maximum atomic E-state index is 12.8. The number of carbonyl (C=O) groups is 2. The van der Waals surface area contributed by atoms with Gasteiger partial charge in [0.25, 0.3) is 5.91 Å². The lowest BCUT2D eigenvalue weighted by Crippen LogP contribution is -2.46. The van der Waals surface area contributed by atoms with Gasteiger partial charge in [-0.3, -0.25) is 14.5 Å². The van der Waals surface area contributed by atoms with Crippen molar-refractivity contribution >= 4 is 11.7 Å². The SMILES string of the molecule is CC1CN(CCCNC(=O)c2ccccc2C(=O)c2ccccc2)CC(C)O1. The summed E-state index contributed by atoms with van der Waals surface area (Å²) < 4.78 is 5.75. The van der Waals surface area contributed by atoms with Gasteiger partial charge in [0.15, 0.2) is 5.78 Å². The van der Waals surface area contributed by atoms with Crippen LogP contribution in [0, 0.1) is 0 Å². The average Bonchev–Trinajstić information content (AvgIpc) is 2.70. The zero-order valence-corrected chi connectivity index (χ0v) is 16.6. The van der Waals surface area contributed by atoms with Gasteiger partial charge in [-0.2, -0.15) is 0 Å². The number of carbonyl (C=O) groups excluding carboxylic acids is 2. The molecule has 0 radical (unpaired) electrons. The summed E-state index contributed by atoms with van der Waals surface area (Å²) in [5.74, 6) is -0.341. The fraction of sp³-hybridized carbons (Fsp3) is 0.391. The Morgan fingerprint density at radius 2 is 1.57 bits per heavy atom. The smallest absolute Gasteiger partial charge is 0.252 e. The molecule has 0 aliphatic carbocycles. The second-order valence-corrected chi connectivity index (χ2v) is 7.37. The van der Waals surface area contributed by atoms with Crippen molar-refractivity contribution in [2.24, 2.45) is 0 Å². The van der Waals surface area contributed by atoms with Crippen LogP contribution in [0.4, 0.5) is 0 Å². The van der Waals surface area contributed by atoms with Crippen molar-refractivity contribution in [2.45, 2.75) is 32.5 Å². The summed E-state index contributed by atoms with van der Waals surface area (Å²) in [7, 11) is 0. The lowest BCUT2D eigenvalue weighted by molar-refractivity contribution is -0.0680. The molecule has 28 heavy (non-hydrogen) atoms. The Morgan fingerprint density at radius 1 is 0.964 bits per heavy atom. The van der Waals surface area contributed by atoms with Crippen molar-refractivity contribution in [1.82, 2.24) is 10.2 Å². The largest absolute Gasteiger partial charge is 0.373 e. The summed E-state index contributed by atoms with van der Waals surface area (Å²) in [5, 5.41) is 2.96. The quantitative estimate of drug-likeness (QED) is 0.592. The molecule has 0 spiro atoms. The molecule has 0 bridgehead atoms. The molecule has 1 aliphatic rings. The highest BCUT2D eigenvalue weighted by Gasteiger charge is 2.22. The summed E-state index contributed by atoms with van der Waals surface area (Å²) in [6.07, 6.45) is 1.35. The molecule has 148 valence electrons. The predicted molar refractivity (Wildman–Crippen MR) is 110 cm³/mol. The Bertz CT molecular complexity index is 797. The van der Waals surface area contributed by atoms with Crippen LogP contribution in [-0.4, -0.2) is 55.0 Å². The number of hydrogen-bond donors (Lipinski definition) is 1. The number of morpholine rings is 1. The van der Waals surface area contributed by atoms with Crippen LogP contribution in [0.25, 0.3) is 0 Å². The van der Waals surface area contributed by atoms with E-state index in [1.165, 1.54) is 0 Å². The zero-order valence-electron chi connectivity index (χ0n) is 16.6. The monoisotopic (exact) mass is 380 g/mol. The van der Waals surface area contributed by atoms with Crippen molar-refractivity contribution in [3.63, 3.8) is 0 Å². The van der Waals surface area contributed by atoms with E-state index >= 15 is 0 Å². The molecule has 2 aromatic carbocycles. The fourth-order valence-corrected chi connectivity index (χ4v) is 3.69. The molecule has 1 heterocycles. The topological polar surface area (TPSA) is 58.6 Å². The highest BCUT2D eigenvalue weighted by Crippen LogP contribution is 2.15. The molecule has 2 unspecified atom stereocenters. The van der Waals surface area contributed by atoms with Crippen LogP contribution in [0.1, 0.15) is 46.5 Å². The van der Waals surface area contributed by atoms with Crippen molar-refractivity contribution in [3.05, 3.63) is 71.3 Å². The number of hydrogen-bond acceptors (Lipinski definition) is 4. The van der Waals surface area contributed by atoms with E-state index in [1.807, 2.05) is 18.2 Å². The molecule has 2 aromatic rings. The number of nitrogens with zero attached hydrogens (tertiary/aromatic N) is 1. The van der Waals surface area contributed by atoms with Gasteiger partial charge in [0.05, 0.1) is 17.8 Å². The van der Waals surface area contributed by atoms with E-state index in [0.29, 0.717) is 23.2 Å². The van der Waals surface area contributed by atoms with Crippen molar-refractivity contribution in [1.29, 1.82) is 0 Å². The van der Waals surface area contributed by atoms with Gasteiger partial charge >= 0.3 is 0 Å². The number of ether oxygens (including phenoxy) is 1. The third-order valence-electron chi connectivity index (χ3n) is 4.88. The molecule has 3 rings (SSSR count). The second-order valence-electron chi connectivity index (χ2n) is 7.37. The van der Waals surface area contributed by atoms with Gasteiger partial charge in [-0.25, -0.2) is 0 Å². The number of amides is 1. The molecule has 0 saturated carbocycles. The van der Waals surface area contributed by atoms with Gasteiger partial charge in [-0.05, 0) is 26.3 Å². The van der Waals surface area contributed by atoms with Gasteiger partial charge in [0.1, 0.15) is 0 Å². The van der Waals surface area contributed by atoms with E-state index in [-0.39, 0.29) is 23.9 Å². The van der Waals surface area contributed by atoms with Crippen LogP contribution in [0.5, 0.6) is 0 Å². The molecule has 0 aromatic heterocycles. The van der Waals surface area contributed by atoms with E-state index in [2.05, 4.69) is 24.1 Å². The Hall–Kier alpha value is -2.50. The molecule has 1 aliphatic heterocycles. The predicted octanol–water partition coefficient (Wildman–Crippen LogP) is 3.15. The second kappa shape index (κ2) is 9.62. The van der Waals surface area contributed by atoms with E-state index < -0.39 is 0 Å². The molecule has 2 atom stereocenters. The summed E-state index contributed by atoms with van der Waals surface area (Å²) in [6.45, 7) is 7.52. The van der Waals surface area contributed by atoms with Crippen LogP contribution in [0.15, 0.2) is 54.6 Å². The summed E-state index contributed by atoms with van der Waals surface area (Å²) >= 11 is 0. The van der Waals surface area contributed by atoms with Crippen LogP contribution in [0.2, 0.25) is 0 Å². The number of nitrogens with one attached hydrogen (secondary N) is 1. The minimum Gasteiger partial charge on any atom is -0.373 e. The molecular weight excluding hydrogens is 352 g/mol. The summed E-state index contributed by atoms with van der Waals surface area (Å²) in [4.78, 5) is 27.8. The molecule has 1 saturated heterocycles. The van der Waals surface area contributed by atoms with Crippen molar-refractivity contribution < 1.29 is 14.3 Å². The Kier molecular flexibility index (Phi) is 6.95. The minimum atomic E-state index is -0.205. The Balaban J connectivity index is 1.56. The van der Waals surface area contributed by atoms with Gasteiger partial charge in [0.2, 0.25) is 0 Å². The molecule has 1 N–H and O–H groups in total.